The molecule has 0 aliphatic carbocycles. The van der Waals surface area contributed by atoms with Crippen LogP contribution < -0.4 is 20.7 Å². The molecule has 3 N–H and O–H groups in total. The maximum atomic E-state index is 13.8. The highest BCUT2D eigenvalue weighted by Gasteiger charge is 2.39. The number of pyridine rings is 1. The zero-order valence-electron chi connectivity index (χ0n) is 22.5. The van der Waals surface area contributed by atoms with E-state index in [1.807, 2.05) is 31.2 Å². The molecule has 1 aliphatic heterocycles. The van der Waals surface area contributed by atoms with Crippen LogP contribution in [0.2, 0.25) is 0 Å². The van der Waals surface area contributed by atoms with Gasteiger partial charge in [-0.25, -0.2) is 19.3 Å². The zero-order chi connectivity index (χ0) is 29.0. The normalized spacial score (nSPS) is 18.2. The number of fused-ring (bicyclic) bond motifs is 1. The van der Waals surface area contributed by atoms with Crippen molar-refractivity contribution >= 4 is 22.4 Å². The van der Waals surface area contributed by atoms with Crippen LogP contribution in [0.25, 0.3) is 22.0 Å². The SMILES string of the molecule is CO[C@@H](CNc1cccc2c(Oc3ncccc3-c3ccnc(N[C@@H]4CNC[C@@H](F)C4)n3)c(C)ccc12)C(F)(F)F. The van der Waals surface area contributed by atoms with Crippen LogP contribution in [0.4, 0.5) is 29.2 Å². The van der Waals surface area contributed by atoms with E-state index in [0.717, 1.165) is 12.7 Å². The van der Waals surface area contributed by atoms with E-state index in [1.54, 1.807) is 36.7 Å². The van der Waals surface area contributed by atoms with E-state index < -0.39 is 25.0 Å². The topological polar surface area (TPSA) is 93.2 Å². The second-order valence-electron chi connectivity index (χ2n) is 9.82. The van der Waals surface area contributed by atoms with Crippen LogP contribution in [0, 0.1) is 6.92 Å². The highest BCUT2D eigenvalue weighted by molar-refractivity contribution is 5.98. The highest BCUT2D eigenvalue weighted by atomic mass is 19.4. The number of hydrogen-bond donors (Lipinski definition) is 3. The van der Waals surface area contributed by atoms with Crippen molar-refractivity contribution < 1.29 is 27.0 Å². The fourth-order valence-electron chi connectivity index (χ4n) is 4.79. The van der Waals surface area contributed by atoms with Crippen LogP contribution in [0.15, 0.2) is 60.9 Å². The first-order valence-corrected chi connectivity index (χ1v) is 13.2. The van der Waals surface area contributed by atoms with Crippen molar-refractivity contribution in [3.05, 3.63) is 66.5 Å². The lowest BCUT2D eigenvalue weighted by molar-refractivity contribution is -0.207. The number of aromatic nitrogens is 3. The monoisotopic (exact) mass is 570 g/mol. The standard InChI is InChI=1S/C29H30F4N6O2/c1-17-8-9-20-21(5-3-7-23(20)37-16-25(40-2)29(31,32)33)26(17)41-27-22(6-4-11-35-27)24-10-12-36-28(39-24)38-19-13-18(30)14-34-15-19/h3-12,18-19,25,34,37H,13-16H2,1-2H3,(H,36,38,39)/t18-,19-,25-/m0/s1. The fraction of sp³-hybridized carbons (Fsp3) is 0.345. The first-order valence-electron chi connectivity index (χ1n) is 13.2. The number of piperidine rings is 1. The van der Waals surface area contributed by atoms with Crippen molar-refractivity contribution in [3.8, 4) is 22.9 Å². The average Bonchev–Trinajstić information content (AvgIpc) is 2.94. The Hall–Kier alpha value is -4.03. The molecule has 4 aromatic rings. The third-order valence-electron chi connectivity index (χ3n) is 6.87. The molecule has 1 aliphatic rings. The molecule has 1 saturated heterocycles. The van der Waals surface area contributed by atoms with Crippen molar-refractivity contribution in [1.82, 2.24) is 20.3 Å². The second-order valence-corrected chi connectivity index (χ2v) is 9.82. The second kappa shape index (κ2) is 12.2. The Morgan fingerprint density at radius 3 is 2.66 bits per heavy atom. The largest absolute Gasteiger partial charge is 0.437 e. The van der Waals surface area contributed by atoms with Crippen LogP contribution in [-0.4, -0.2) is 66.2 Å². The predicted molar refractivity (Wildman–Crippen MR) is 149 cm³/mol. The molecule has 2 aromatic carbocycles. The molecule has 3 heterocycles. The van der Waals surface area contributed by atoms with Crippen molar-refractivity contribution in [2.24, 2.45) is 0 Å². The molecule has 0 unspecified atom stereocenters. The summed E-state index contributed by atoms with van der Waals surface area (Å²) in [5.74, 6) is 1.18. The quantitative estimate of drug-likeness (QED) is 0.215. The summed E-state index contributed by atoms with van der Waals surface area (Å²) < 4.78 is 64.5. The number of hydrogen-bond acceptors (Lipinski definition) is 8. The molecule has 216 valence electrons. The van der Waals surface area contributed by atoms with Gasteiger partial charge in [0.1, 0.15) is 11.9 Å². The summed E-state index contributed by atoms with van der Waals surface area (Å²) in [4.78, 5) is 13.4. The molecule has 0 saturated carbocycles. The summed E-state index contributed by atoms with van der Waals surface area (Å²) in [5.41, 5.74) is 2.50. The number of nitrogens with zero attached hydrogens (tertiary/aromatic N) is 3. The van der Waals surface area contributed by atoms with Gasteiger partial charge in [0.15, 0.2) is 6.10 Å². The summed E-state index contributed by atoms with van der Waals surface area (Å²) in [7, 11) is 1.03. The summed E-state index contributed by atoms with van der Waals surface area (Å²) in [6, 6.07) is 14.1. The third kappa shape index (κ3) is 6.66. The number of alkyl halides is 4. The maximum Gasteiger partial charge on any atom is 0.416 e. The predicted octanol–water partition coefficient (Wildman–Crippen LogP) is 5.89. The third-order valence-corrected chi connectivity index (χ3v) is 6.87. The lowest BCUT2D eigenvalue weighted by Crippen LogP contribution is -2.44. The van der Waals surface area contributed by atoms with E-state index in [4.69, 9.17) is 4.74 Å². The number of rotatable bonds is 9. The molecule has 41 heavy (non-hydrogen) atoms. The lowest BCUT2D eigenvalue weighted by Gasteiger charge is -2.26. The number of nitrogens with one attached hydrogen (secondary N) is 3. The number of anilines is 2. The van der Waals surface area contributed by atoms with Gasteiger partial charge in [0, 0.05) is 61.5 Å². The van der Waals surface area contributed by atoms with E-state index >= 15 is 0 Å². The average molecular weight is 571 g/mol. The van der Waals surface area contributed by atoms with Gasteiger partial charge in [0.2, 0.25) is 11.8 Å². The Morgan fingerprint density at radius 2 is 1.88 bits per heavy atom. The van der Waals surface area contributed by atoms with Crippen LogP contribution in [0.3, 0.4) is 0 Å². The van der Waals surface area contributed by atoms with Crippen molar-refractivity contribution in [3.63, 3.8) is 0 Å². The van der Waals surface area contributed by atoms with E-state index in [2.05, 4.69) is 35.6 Å². The van der Waals surface area contributed by atoms with Crippen LogP contribution >= 0.6 is 0 Å². The Balaban J connectivity index is 1.43. The van der Waals surface area contributed by atoms with Crippen molar-refractivity contribution in [2.75, 3.05) is 37.4 Å². The van der Waals surface area contributed by atoms with Gasteiger partial charge in [0.25, 0.3) is 0 Å². The van der Waals surface area contributed by atoms with E-state index in [-0.39, 0.29) is 6.04 Å². The van der Waals surface area contributed by atoms with Gasteiger partial charge in [-0.1, -0.05) is 24.3 Å². The maximum absolute atomic E-state index is 13.8. The summed E-state index contributed by atoms with van der Waals surface area (Å²) in [6.07, 6.45) is -3.81. The van der Waals surface area contributed by atoms with E-state index in [1.165, 1.54) is 0 Å². The molecule has 12 heteroatoms. The zero-order valence-corrected chi connectivity index (χ0v) is 22.5. The molecular formula is C29H30F4N6O2. The first kappa shape index (κ1) is 28.5. The van der Waals surface area contributed by atoms with Gasteiger partial charge in [-0.3, -0.25) is 0 Å². The van der Waals surface area contributed by atoms with Gasteiger partial charge in [-0.2, -0.15) is 13.2 Å². The molecular weight excluding hydrogens is 540 g/mol. The first-order chi connectivity index (χ1) is 19.7. The Bertz CT molecular complexity index is 1500. The van der Waals surface area contributed by atoms with E-state index in [9.17, 15) is 17.6 Å². The number of benzene rings is 2. The van der Waals surface area contributed by atoms with Crippen LogP contribution in [0.5, 0.6) is 11.6 Å². The molecule has 0 radical (unpaired) electrons. The number of aryl methyl sites for hydroxylation is 1. The fourth-order valence-corrected chi connectivity index (χ4v) is 4.79. The Kier molecular flexibility index (Phi) is 8.50. The minimum Gasteiger partial charge on any atom is -0.437 e. The van der Waals surface area contributed by atoms with Crippen LogP contribution in [-0.2, 0) is 4.74 Å². The molecule has 5 rings (SSSR count). The molecule has 0 spiro atoms. The molecule has 1 fully saturated rings. The highest BCUT2D eigenvalue weighted by Crippen LogP contribution is 2.38. The van der Waals surface area contributed by atoms with Gasteiger partial charge in [-0.15, -0.1) is 0 Å². The minimum absolute atomic E-state index is 0.143. The van der Waals surface area contributed by atoms with Gasteiger partial charge >= 0.3 is 6.18 Å². The van der Waals surface area contributed by atoms with Gasteiger partial charge in [0.05, 0.1) is 17.8 Å². The van der Waals surface area contributed by atoms with Crippen molar-refractivity contribution in [1.29, 1.82) is 0 Å². The molecule has 0 amide bonds. The number of halogens is 4. The lowest BCUT2D eigenvalue weighted by atomic mass is 10.0. The van der Waals surface area contributed by atoms with Gasteiger partial charge < -0.3 is 25.4 Å². The smallest absolute Gasteiger partial charge is 0.416 e. The Morgan fingerprint density at radius 1 is 1.02 bits per heavy atom. The number of ether oxygens (including phenoxy) is 2. The molecule has 3 atom stereocenters. The molecule has 0 bridgehead atoms. The van der Waals surface area contributed by atoms with Crippen LogP contribution in [0.1, 0.15) is 12.0 Å². The minimum atomic E-state index is -4.49. The van der Waals surface area contributed by atoms with Gasteiger partial charge in [-0.05, 0) is 36.8 Å². The summed E-state index contributed by atoms with van der Waals surface area (Å²) in [6.45, 7) is 2.38. The van der Waals surface area contributed by atoms with E-state index in [0.29, 0.717) is 64.8 Å². The molecule has 8 nitrogen and oxygen atoms in total. The summed E-state index contributed by atoms with van der Waals surface area (Å²) >= 11 is 0. The van der Waals surface area contributed by atoms with Crippen molar-refractivity contribution in [2.45, 2.75) is 37.8 Å². The molecule has 2 aromatic heterocycles. The summed E-state index contributed by atoms with van der Waals surface area (Å²) in [5, 5.41) is 10.5. The number of methoxy groups -OCH3 is 1. The Labute approximate surface area is 234 Å².